The Morgan fingerprint density at radius 1 is 1.10 bits per heavy atom. The lowest BCUT2D eigenvalue weighted by Crippen LogP contribution is -2.08. The Labute approximate surface area is 134 Å². The summed E-state index contributed by atoms with van der Waals surface area (Å²) in [6, 6.07) is 9.19. The fraction of sp³-hybridized carbons (Fsp3) is 0.294. The Kier molecular flexibility index (Phi) is 3.76. The lowest BCUT2D eigenvalue weighted by molar-refractivity contribution is 0.465. The number of rotatable bonds is 2. The molecule has 3 rings (SSSR count). The zero-order valence-electron chi connectivity index (χ0n) is 12.0. The summed E-state index contributed by atoms with van der Waals surface area (Å²) in [6.07, 6.45) is 0.912. The van der Waals surface area contributed by atoms with E-state index < -0.39 is 0 Å². The minimum Gasteiger partial charge on any atom is -0.508 e. The smallest absolute Gasteiger partial charge is 0.121 e. The number of aryl methyl sites for hydroxylation is 1. The first kappa shape index (κ1) is 14.6. The van der Waals surface area contributed by atoms with Crippen molar-refractivity contribution in [2.75, 3.05) is 5.32 Å². The highest BCUT2D eigenvalue weighted by atomic mass is 35.5. The van der Waals surface area contributed by atoms with Crippen LogP contribution in [0.25, 0.3) is 0 Å². The number of benzene rings is 2. The maximum Gasteiger partial charge on any atom is 0.121 e. The van der Waals surface area contributed by atoms with Gasteiger partial charge in [0.2, 0.25) is 0 Å². The third-order valence-corrected chi connectivity index (χ3v) is 4.82. The van der Waals surface area contributed by atoms with Crippen LogP contribution < -0.4 is 5.32 Å². The highest BCUT2D eigenvalue weighted by Crippen LogP contribution is 2.48. The number of aromatic hydroxyl groups is 1. The van der Waals surface area contributed by atoms with Crippen LogP contribution in [-0.2, 0) is 0 Å². The molecule has 0 spiro atoms. The minimum atomic E-state index is 0.0206. The van der Waals surface area contributed by atoms with Crippen LogP contribution in [0, 0.1) is 6.92 Å². The Balaban J connectivity index is 2.03. The summed E-state index contributed by atoms with van der Waals surface area (Å²) in [5.74, 6) is 0.728. The van der Waals surface area contributed by atoms with E-state index in [0.29, 0.717) is 21.7 Å². The average molecular weight is 322 g/mol. The number of para-hydroxylation sites is 1. The zero-order chi connectivity index (χ0) is 15.1. The van der Waals surface area contributed by atoms with Gasteiger partial charge in [-0.25, -0.2) is 0 Å². The highest BCUT2D eigenvalue weighted by molar-refractivity contribution is 6.39. The molecular formula is C17H17Cl2NO. The van der Waals surface area contributed by atoms with Crippen molar-refractivity contribution in [2.45, 2.75) is 32.2 Å². The van der Waals surface area contributed by atoms with Gasteiger partial charge in [-0.3, -0.25) is 0 Å². The monoisotopic (exact) mass is 321 g/mol. The van der Waals surface area contributed by atoms with Crippen LogP contribution in [0.1, 0.15) is 42.0 Å². The molecule has 0 amide bonds. The summed E-state index contributed by atoms with van der Waals surface area (Å²) < 4.78 is 0. The SMILES string of the molecule is Cc1ccc(O)c2c1C(C)CC2Nc1c(Cl)cccc1Cl. The van der Waals surface area contributed by atoms with Gasteiger partial charge in [0, 0.05) is 5.56 Å². The fourth-order valence-corrected chi connectivity index (χ4v) is 3.79. The summed E-state index contributed by atoms with van der Waals surface area (Å²) in [4.78, 5) is 0. The van der Waals surface area contributed by atoms with Crippen molar-refractivity contribution in [1.82, 2.24) is 0 Å². The molecule has 110 valence electrons. The maximum absolute atomic E-state index is 10.3. The summed E-state index contributed by atoms with van der Waals surface area (Å²) in [5, 5.41) is 14.8. The highest BCUT2D eigenvalue weighted by Gasteiger charge is 2.32. The largest absolute Gasteiger partial charge is 0.508 e. The molecule has 2 nitrogen and oxygen atoms in total. The van der Waals surface area contributed by atoms with E-state index in [0.717, 1.165) is 17.7 Å². The van der Waals surface area contributed by atoms with E-state index in [2.05, 4.69) is 19.2 Å². The maximum atomic E-state index is 10.3. The number of phenolic OH excluding ortho intramolecular Hbond substituents is 1. The van der Waals surface area contributed by atoms with Gasteiger partial charge in [-0.15, -0.1) is 0 Å². The summed E-state index contributed by atoms with van der Waals surface area (Å²) in [5.41, 5.74) is 4.14. The van der Waals surface area contributed by atoms with E-state index in [-0.39, 0.29) is 6.04 Å². The van der Waals surface area contributed by atoms with Gasteiger partial charge in [0.15, 0.2) is 0 Å². The Bertz CT molecular complexity index is 679. The molecule has 2 N–H and O–H groups in total. The molecule has 0 heterocycles. The van der Waals surface area contributed by atoms with Gasteiger partial charge in [-0.05, 0) is 48.6 Å². The standard InChI is InChI=1S/C17H17Cl2NO/c1-9-6-7-14(21)16-13(8-10(2)15(9)16)20-17-11(18)4-3-5-12(17)19/h3-7,10,13,20-21H,8H2,1-2H3. The Hall–Kier alpha value is -1.38. The van der Waals surface area contributed by atoms with Crippen molar-refractivity contribution >= 4 is 28.9 Å². The quantitative estimate of drug-likeness (QED) is 0.747. The molecule has 2 unspecified atom stereocenters. The number of fused-ring (bicyclic) bond motifs is 1. The lowest BCUT2D eigenvalue weighted by Gasteiger charge is -2.19. The summed E-state index contributed by atoms with van der Waals surface area (Å²) in [6.45, 7) is 4.26. The molecule has 21 heavy (non-hydrogen) atoms. The minimum absolute atomic E-state index is 0.0206. The van der Waals surface area contributed by atoms with E-state index in [1.165, 1.54) is 11.1 Å². The van der Waals surface area contributed by atoms with Gasteiger partial charge >= 0.3 is 0 Å². The number of halogens is 2. The molecule has 1 aliphatic carbocycles. The van der Waals surface area contributed by atoms with Crippen molar-refractivity contribution < 1.29 is 5.11 Å². The number of hydrogen-bond donors (Lipinski definition) is 2. The van der Waals surface area contributed by atoms with Crippen LogP contribution in [0.3, 0.4) is 0 Å². The first-order valence-corrected chi connectivity index (χ1v) is 7.77. The van der Waals surface area contributed by atoms with Crippen LogP contribution in [-0.4, -0.2) is 5.11 Å². The molecule has 0 radical (unpaired) electrons. The second kappa shape index (κ2) is 5.43. The molecule has 0 aliphatic heterocycles. The zero-order valence-corrected chi connectivity index (χ0v) is 13.5. The summed E-state index contributed by atoms with van der Waals surface area (Å²) in [7, 11) is 0. The Morgan fingerprint density at radius 2 is 1.76 bits per heavy atom. The Morgan fingerprint density at radius 3 is 2.43 bits per heavy atom. The fourth-order valence-electron chi connectivity index (χ4n) is 3.28. The third kappa shape index (κ3) is 2.47. The van der Waals surface area contributed by atoms with Crippen molar-refractivity contribution in [3.63, 3.8) is 0 Å². The summed E-state index contributed by atoms with van der Waals surface area (Å²) >= 11 is 12.5. The second-order valence-corrected chi connectivity index (χ2v) is 6.47. The van der Waals surface area contributed by atoms with E-state index in [4.69, 9.17) is 23.2 Å². The van der Waals surface area contributed by atoms with Crippen LogP contribution in [0.4, 0.5) is 5.69 Å². The topological polar surface area (TPSA) is 32.3 Å². The molecule has 0 fully saturated rings. The van der Waals surface area contributed by atoms with Gasteiger partial charge in [0.05, 0.1) is 21.8 Å². The number of nitrogens with one attached hydrogen (secondary N) is 1. The van der Waals surface area contributed by atoms with Crippen LogP contribution in [0.15, 0.2) is 30.3 Å². The average Bonchev–Trinajstić information content (AvgIpc) is 2.77. The molecule has 2 aromatic carbocycles. The van der Waals surface area contributed by atoms with Gasteiger partial charge in [-0.1, -0.05) is 42.3 Å². The van der Waals surface area contributed by atoms with Crippen molar-refractivity contribution in [3.05, 3.63) is 57.1 Å². The van der Waals surface area contributed by atoms with Gasteiger partial charge < -0.3 is 10.4 Å². The van der Waals surface area contributed by atoms with E-state index in [9.17, 15) is 5.11 Å². The van der Waals surface area contributed by atoms with Crippen LogP contribution >= 0.6 is 23.2 Å². The molecule has 1 aliphatic rings. The van der Waals surface area contributed by atoms with E-state index in [1.54, 1.807) is 6.07 Å². The van der Waals surface area contributed by atoms with E-state index in [1.807, 2.05) is 24.3 Å². The first-order valence-electron chi connectivity index (χ1n) is 7.02. The molecule has 2 atom stereocenters. The number of phenols is 1. The van der Waals surface area contributed by atoms with Crippen LogP contribution in [0.2, 0.25) is 10.0 Å². The van der Waals surface area contributed by atoms with E-state index >= 15 is 0 Å². The molecule has 0 aromatic heterocycles. The molecular weight excluding hydrogens is 305 g/mol. The van der Waals surface area contributed by atoms with Crippen molar-refractivity contribution in [1.29, 1.82) is 0 Å². The normalized spacial score (nSPS) is 20.4. The molecule has 0 saturated heterocycles. The van der Waals surface area contributed by atoms with Crippen molar-refractivity contribution in [2.24, 2.45) is 0 Å². The first-order chi connectivity index (χ1) is 9.99. The second-order valence-electron chi connectivity index (χ2n) is 5.66. The van der Waals surface area contributed by atoms with Gasteiger partial charge in [-0.2, -0.15) is 0 Å². The van der Waals surface area contributed by atoms with Crippen LogP contribution in [0.5, 0.6) is 5.75 Å². The predicted octanol–water partition coefficient (Wildman–Crippen LogP) is 5.67. The lowest BCUT2D eigenvalue weighted by atomic mass is 9.97. The molecule has 2 aromatic rings. The number of hydrogen-bond acceptors (Lipinski definition) is 2. The molecule has 0 bridgehead atoms. The van der Waals surface area contributed by atoms with Crippen molar-refractivity contribution in [3.8, 4) is 5.75 Å². The number of anilines is 1. The molecule has 4 heteroatoms. The van der Waals surface area contributed by atoms with Gasteiger partial charge in [0.25, 0.3) is 0 Å². The van der Waals surface area contributed by atoms with Gasteiger partial charge in [0.1, 0.15) is 5.75 Å². The molecule has 0 saturated carbocycles. The third-order valence-electron chi connectivity index (χ3n) is 4.19. The predicted molar refractivity (Wildman–Crippen MR) is 88.7 cm³/mol.